The quantitative estimate of drug-likeness (QED) is 0.435. The van der Waals surface area contributed by atoms with E-state index in [4.69, 9.17) is 0 Å². The molecule has 1 atom stereocenters. The lowest BCUT2D eigenvalue weighted by atomic mass is 10.3. The summed E-state index contributed by atoms with van der Waals surface area (Å²) < 4.78 is 8.68. The maximum Gasteiger partial charge on any atom is 0.331 e. The van der Waals surface area contributed by atoms with Crippen molar-refractivity contribution < 1.29 is 23.9 Å². The van der Waals surface area contributed by atoms with Gasteiger partial charge in [-0.15, -0.1) is 0 Å². The predicted octanol–water partition coefficient (Wildman–Crippen LogP) is -1.16. The zero-order valence-corrected chi connectivity index (χ0v) is 7.40. The standard InChI is InChI=1S/C7H11NO5/c1-5(10)8-6(3-13-4-9)7(11)12-2/h4,6H,3H2,1-2H3,(H,8,10). The SMILES string of the molecule is COC(=O)C(COC=O)NC(C)=O. The highest BCUT2D eigenvalue weighted by molar-refractivity contribution is 5.83. The van der Waals surface area contributed by atoms with Crippen LogP contribution < -0.4 is 5.32 Å². The summed E-state index contributed by atoms with van der Waals surface area (Å²) >= 11 is 0. The number of rotatable bonds is 5. The van der Waals surface area contributed by atoms with Gasteiger partial charge in [0.25, 0.3) is 6.47 Å². The van der Waals surface area contributed by atoms with Gasteiger partial charge in [-0.05, 0) is 0 Å². The van der Waals surface area contributed by atoms with E-state index in [1.54, 1.807) is 0 Å². The smallest absolute Gasteiger partial charge is 0.331 e. The molecule has 6 nitrogen and oxygen atoms in total. The van der Waals surface area contributed by atoms with Crippen molar-refractivity contribution >= 4 is 18.3 Å². The van der Waals surface area contributed by atoms with Gasteiger partial charge in [0.2, 0.25) is 5.91 Å². The van der Waals surface area contributed by atoms with E-state index < -0.39 is 17.9 Å². The molecule has 6 heteroatoms. The monoisotopic (exact) mass is 189 g/mol. The second kappa shape index (κ2) is 5.99. The molecule has 0 rings (SSSR count). The van der Waals surface area contributed by atoms with Crippen molar-refractivity contribution in [2.24, 2.45) is 0 Å². The zero-order chi connectivity index (χ0) is 10.3. The van der Waals surface area contributed by atoms with Gasteiger partial charge < -0.3 is 14.8 Å². The van der Waals surface area contributed by atoms with Gasteiger partial charge >= 0.3 is 5.97 Å². The van der Waals surface area contributed by atoms with Crippen LogP contribution in [0, 0.1) is 0 Å². The van der Waals surface area contributed by atoms with Gasteiger partial charge in [0.15, 0.2) is 6.04 Å². The van der Waals surface area contributed by atoms with E-state index in [9.17, 15) is 14.4 Å². The van der Waals surface area contributed by atoms with Crippen LogP contribution in [0.2, 0.25) is 0 Å². The van der Waals surface area contributed by atoms with Crippen molar-refractivity contribution in [3.63, 3.8) is 0 Å². The molecule has 1 N–H and O–H groups in total. The van der Waals surface area contributed by atoms with E-state index >= 15 is 0 Å². The summed E-state index contributed by atoms with van der Waals surface area (Å²) in [6.07, 6.45) is 0. The third-order valence-corrected chi connectivity index (χ3v) is 1.19. The van der Waals surface area contributed by atoms with Gasteiger partial charge in [0.1, 0.15) is 6.61 Å². The molecule has 0 saturated heterocycles. The zero-order valence-electron chi connectivity index (χ0n) is 7.40. The van der Waals surface area contributed by atoms with Gasteiger partial charge in [0.05, 0.1) is 7.11 Å². The normalized spacial score (nSPS) is 11.2. The first kappa shape index (κ1) is 11.4. The lowest BCUT2D eigenvalue weighted by Gasteiger charge is -2.13. The van der Waals surface area contributed by atoms with Gasteiger partial charge in [-0.25, -0.2) is 4.79 Å². The first-order valence-corrected chi connectivity index (χ1v) is 3.52. The van der Waals surface area contributed by atoms with Crippen LogP contribution in [0.25, 0.3) is 0 Å². The minimum absolute atomic E-state index is 0.192. The number of hydrogen-bond donors (Lipinski definition) is 1. The number of carbonyl (C=O) groups excluding carboxylic acids is 3. The molecule has 0 aromatic carbocycles. The maximum absolute atomic E-state index is 10.9. The second-order valence-electron chi connectivity index (χ2n) is 2.21. The molecule has 0 spiro atoms. The average Bonchev–Trinajstić information content (AvgIpc) is 2.10. The molecule has 0 bridgehead atoms. The topological polar surface area (TPSA) is 81.7 Å². The predicted molar refractivity (Wildman–Crippen MR) is 41.6 cm³/mol. The highest BCUT2D eigenvalue weighted by atomic mass is 16.5. The summed E-state index contributed by atoms with van der Waals surface area (Å²) in [6.45, 7) is 1.21. The summed E-state index contributed by atoms with van der Waals surface area (Å²) in [5, 5.41) is 2.27. The summed E-state index contributed by atoms with van der Waals surface area (Å²) in [7, 11) is 1.18. The Kier molecular flexibility index (Phi) is 5.25. The Labute approximate surface area is 75.2 Å². The first-order chi connectivity index (χ1) is 6.11. The minimum Gasteiger partial charge on any atom is -0.467 e. The third kappa shape index (κ3) is 4.78. The average molecular weight is 189 g/mol. The molecule has 0 saturated carbocycles. The number of nitrogens with one attached hydrogen (secondary N) is 1. The van der Waals surface area contributed by atoms with Crippen LogP contribution in [0.4, 0.5) is 0 Å². The van der Waals surface area contributed by atoms with Crippen LogP contribution in [0.1, 0.15) is 6.92 Å². The van der Waals surface area contributed by atoms with Crippen LogP contribution in [-0.4, -0.2) is 38.1 Å². The van der Waals surface area contributed by atoms with Crippen LogP contribution in [-0.2, 0) is 23.9 Å². The fraction of sp³-hybridized carbons (Fsp3) is 0.571. The molecular weight excluding hydrogens is 178 g/mol. The molecule has 0 radical (unpaired) electrons. The Bertz CT molecular complexity index is 203. The molecule has 0 fully saturated rings. The molecule has 1 amide bonds. The molecule has 0 aliphatic heterocycles. The van der Waals surface area contributed by atoms with Gasteiger partial charge in [-0.1, -0.05) is 0 Å². The second-order valence-corrected chi connectivity index (χ2v) is 2.21. The fourth-order valence-corrected chi connectivity index (χ4v) is 0.692. The van der Waals surface area contributed by atoms with E-state index in [-0.39, 0.29) is 13.1 Å². The highest BCUT2D eigenvalue weighted by Gasteiger charge is 2.20. The molecule has 13 heavy (non-hydrogen) atoms. The number of ether oxygens (including phenoxy) is 2. The third-order valence-electron chi connectivity index (χ3n) is 1.19. The van der Waals surface area contributed by atoms with Crippen LogP contribution in [0.3, 0.4) is 0 Å². The van der Waals surface area contributed by atoms with Crippen molar-refractivity contribution in [2.75, 3.05) is 13.7 Å². The van der Waals surface area contributed by atoms with Gasteiger partial charge in [0, 0.05) is 6.92 Å². The van der Waals surface area contributed by atoms with Crippen LogP contribution in [0.15, 0.2) is 0 Å². The van der Waals surface area contributed by atoms with Gasteiger partial charge in [-0.3, -0.25) is 9.59 Å². The van der Waals surface area contributed by atoms with Gasteiger partial charge in [-0.2, -0.15) is 0 Å². The minimum atomic E-state index is -0.937. The Morgan fingerprint density at radius 3 is 2.54 bits per heavy atom. The van der Waals surface area contributed by atoms with E-state index in [1.807, 2.05) is 0 Å². The van der Waals surface area contributed by atoms with E-state index in [0.717, 1.165) is 0 Å². The van der Waals surface area contributed by atoms with Crippen molar-refractivity contribution in [1.82, 2.24) is 5.32 Å². The Morgan fingerprint density at radius 2 is 2.15 bits per heavy atom. The number of hydrogen-bond acceptors (Lipinski definition) is 5. The molecule has 0 aliphatic rings. The largest absolute Gasteiger partial charge is 0.467 e. The molecule has 1 unspecified atom stereocenters. The Morgan fingerprint density at radius 1 is 1.54 bits per heavy atom. The number of methoxy groups -OCH3 is 1. The number of amides is 1. The number of carbonyl (C=O) groups is 3. The van der Waals surface area contributed by atoms with Crippen LogP contribution >= 0.6 is 0 Å². The van der Waals surface area contributed by atoms with Crippen molar-refractivity contribution in [2.45, 2.75) is 13.0 Å². The van der Waals surface area contributed by atoms with E-state index in [1.165, 1.54) is 14.0 Å². The van der Waals surface area contributed by atoms with E-state index in [2.05, 4.69) is 14.8 Å². The van der Waals surface area contributed by atoms with Crippen molar-refractivity contribution in [1.29, 1.82) is 0 Å². The molecule has 0 heterocycles. The summed E-state index contributed by atoms with van der Waals surface area (Å²) in [6, 6.07) is -0.937. The van der Waals surface area contributed by atoms with Crippen molar-refractivity contribution in [3.05, 3.63) is 0 Å². The first-order valence-electron chi connectivity index (χ1n) is 3.52. The summed E-state index contributed by atoms with van der Waals surface area (Å²) in [5.41, 5.74) is 0. The lowest BCUT2D eigenvalue weighted by molar-refractivity contribution is -0.147. The fourth-order valence-electron chi connectivity index (χ4n) is 0.692. The van der Waals surface area contributed by atoms with Crippen molar-refractivity contribution in [3.8, 4) is 0 Å². The molecule has 0 aliphatic carbocycles. The lowest BCUT2D eigenvalue weighted by Crippen LogP contribution is -2.43. The molecular formula is C7H11NO5. The number of esters is 1. The van der Waals surface area contributed by atoms with Crippen LogP contribution in [0.5, 0.6) is 0 Å². The molecule has 0 aromatic heterocycles. The highest BCUT2D eigenvalue weighted by Crippen LogP contribution is 1.88. The van der Waals surface area contributed by atoms with E-state index in [0.29, 0.717) is 0 Å². The molecule has 74 valence electrons. The summed E-state index contributed by atoms with van der Waals surface area (Å²) in [4.78, 5) is 31.3. The maximum atomic E-state index is 10.9. The summed E-state index contributed by atoms with van der Waals surface area (Å²) in [5.74, 6) is -1.05. The molecule has 0 aromatic rings. The Balaban J connectivity index is 4.09. The Hall–Kier alpha value is -1.59.